The summed E-state index contributed by atoms with van der Waals surface area (Å²) in [6.07, 6.45) is 1.99. The number of rotatable bonds is 3. The minimum atomic E-state index is 0.580. The number of hydrogen-bond acceptors (Lipinski definition) is 1. The smallest absolute Gasteiger partial charge is 0.0277 e. The predicted molar refractivity (Wildman–Crippen MR) is 56.8 cm³/mol. The van der Waals surface area contributed by atoms with Crippen molar-refractivity contribution in [1.29, 1.82) is 0 Å². The first-order chi connectivity index (χ1) is 5.50. The summed E-state index contributed by atoms with van der Waals surface area (Å²) in [6, 6.07) is 0. The lowest BCUT2D eigenvalue weighted by Gasteiger charge is -2.14. The van der Waals surface area contributed by atoms with Crippen molar-refractivity contribution in [3.05, 3.63) is 11.1 Å². The van der Waals surface area contributed by atoms with Crippen LogP contribution in [0.3, 0.4) is 0 Å². The molecule has 1 nitrogen and oxygen atoms in total. The second-order valence-corrected chi connectivity index (χ2v) is 3.84. The van der Waals surface area contributed by atoms with E-state index in [-0.39, 0.29) is 0 Å². The molecule has 0 aromatic carbocycles. The third-order valence-electron chi connectivity index (χ3n) is 2.21. The topological polar surface area (TPSA) is 12.4 Å². The van der Waals surface area contributed by atoms with E-state index in [0.717, 1.165) is 0 Å². The Bertz CT molecular complexity index is 185. The van der Waals surface area contributed by atoms with E-state index in [1.165, 1.54) is 11.1 Å². The van der Waals surface area contributed by atoms with Gasteiger partial charge in [-0.25, -0.2) is 0 Å². The Balaban J connectivity index is 4.80. The lowest BCUT2D eigenvalue weighted by Crippen LogP contribution is -2.03. The van der Waals surface area contributed by atoms with Crippen LogP contribution in [0.2, 0.25) is 0 Å². The van der Waals surface area contributed by atoms with E-state index in [1.807, 2.05) is 13.3 Å². The van der Waals surface area contributed by atoms with Gasteiger partial charge in [-0.05, 0) is 24.3 Å². The zero-order valence-electron chi connectivity index (χ0n) is 9.18. The van der Waals surface area contributed by atoms with E-state index in [2.05, 4.69) is 39.6 Å². The summed E-state index contributed by atoms with van der Waals surface area (Å²) in [5, 5.41) is 0. The van der Waals surface area contributed by atoms with E-state index >= 15 is 0 Å². The number of hydrogen-bond donors (Lipinski definition) is 0. The molecule has 0 fully saturated rings. The largest absolute Gasteiger partial charge is 0.296 e. The van der Waals surface area contributed by atoms with Gasteiger partial charge in [0.05, 0.1) is 0 Å². The Morgan fingerprint density at radius 1 is 1.08 bits per heavy atom. The van der Waals surface area contributed by atoms with Crippen molar-refractivity contribution in [1.82, 2.24) is 0 Å². The van der Waals surface area contributed by atoms with Gasteiger partial charge >= 0.3 is 0 Å². The first-order valence-corrected chi connectivity index (χ1v) is 4.63. The summed E-state index contributed by atoms with van der Waals surface area (Å²) in [5.41, 5.74) is 2.84. The van der Waals surface area contributed by atoms with Gasteiger partial charge in [-0.3, -0.25) is 4.99 Å². The minimum Gasteiger partial charge on any atom is -0.296 e. The van der Waals surface area contributed by atoms with Gasteiger partial charge in [0.15, 0.2) is 0 Å². The highest BCUT2D eigenvalue weighted by atomic mass is 14.6. The van der Waals surface area contributed by atoms with Crippen molar-refractivity contribution in [2.24, 2.45) is 16.8 Å². The molecule has 0 saturated carbocycles. The van der Waals surface area contributed by atoms with E-state index in [4.69, 9.17) is 0 Å². The van der Waals surface area contributed by atoms with Crippen LogP contribution in [0.4, 0.5) is 0 Å². The minimum absolute atomic E-state index is 0.580. The lowest BCUT2D eigenvalue weighted by molar-refractivity contribution is 0.716. The molecule has 0 amide bonds. The Morgan fingerprint density at radius 2 is 1.58 bits per heavy atom. The summed E-state index contributed by atoms with van der Waals surface area (Å²) in [7, 11) is 1.83. The molecule has 0 unspecified atom stereocenters. The molecule has 0 radical (unpaired) electrons. The third-order valence-corrected chi connectivity index (χ3v) is 2.21. The second kappa shape index (κ2) is 5.13. The highest BCUT2D eigenvalue weighted by Crippen LogP contribution is 2.18. The van der Waals surface area contributed by atoms with Gasteiger partial charge in [0, 0.05) is 13.3 Å². The van der Waals surface area contributed by atoms with Gasteiger partial charge in [-0.1, -0.05) is 33.3 Å². The summed E-state index contributed by atoms with van der Waals surface area (Å²) >= 11 is 0. The molecule has 12 heavy (non-hydrogen) atoms. The maximum absolute atomic E-state index is 4.08. The number of nitrogens with zero attached hydrogens (tertiary/aromatic N) is 1. The Hall–Kier alpha value is -0.590. The molecule has 0 rings (SSSR count). The van der Waals surface area contributed by atoms with Gasteiger partial charge in [0.2, 0.25) is 0 Å². The molecule has 70 valence electrons. The maximum Gasteiger partial charge on any atom is 0.0277 e. The van der Waals surface area contributed by atoms with Crippen LogP contribution in [0, 0.1) is 11.8 Å². The van der Waals surface area contributed by atoms with Crippen LogP contribution in [-0.4, -0.2) is 13.3 Å². The summed E-state index contributed by atoms with van der Waals surface area (Å²) in [6.45, 7) is 11.1. The molecular formula is C11H21N. The standard InChI is InChI=1S/C11H21N/c1-8(2)10(5)11(7-12-6)9(3)4/h7-9H,1-6H3/b11-10-,12-7?. The summed E-state index contributed by atoms with van der Waals surface area (Å²) in [5.74, 6) is 1.21. The molecule has 0 spiro atoms. The molecule has 0 saturated heterocycles. The fraction of sp³-hybridized carbons (Fsp3) is 0.727. The zero-order valence-corrected chi connectivity index (χ0v) is 9.18. The van der Waals surface area contributed by atoms with Crippen molar-refractivity contribution in [2.45, 2.75) is 34.6 Å². The third kappa shape index (κ3) is 3.21. The Labute approximate surface area is 76.6 Å². The molecular weight excluding hydrogens is 146 g/mol. The molecule has 0 bridgehead atoms. The molecule has 0 aliphatic heterocycles. The van der Waals surface area contributed by atoms with E-state index in [0.29, 0.717) is 11.8 Å². The van der Waals surface area contributed by atoms with Crippen LogP contribution in [-0.2, 0) is 0 Å². The van der Waals surface area contributed by atoms with Gasteiger partial charge in [-0.15, -0.1) is 0 Å². The van der Waals surface area contributed by atoms with Crippen molar-refractivity contribution in [3.63, 3.8) is 0 Å². The second-order valence-electron chi connectivity index (χ2n) is 3.84. The van der Waals surface area contributed by atoms with Crippen molar-refractivity contribution >= 4 is 6.21 Å². The Morgan fingerprint density at radius 3 is 1.83 bits per heavy atom. The van der Waals surface area contributed by atoms with Crippen LogP contribution in [0.15, 0.2) is 16.1 Å². The summed E-state index contributed by atoms with van der Waals surface area (Å²) < 4.78 is 0. The molecule has 0 aromatic heterocycles. The van der Waals surface area contributed by atoms with Crippen molar-refractivity contribution < 1.29 is 0 Å². The van der Waals surface area contributed by atoms with Crippen LogP contribution < -0.4 is 0 Å². The highest BCUT2D eigenvalue weighted by molar-refractivity contribution is 5.80. The predicted octanol–water partition coefficient (Wildman–Crippen LogP) is 3.32. The fourth-order valence-corrected chi connectivity index (χ4v) is 1.18. The molecule has 1 heteroatoms. The Kier molecular flexibility index (Phi) is 4.87. The van der Waals surface area contributed by atoms with Crippen LogP contribution in [0.25, 0.3) is 0 Å². The van der Waals surface area contributed by atoms with E-state index in [9.17, 15) is 0 Å². The van der Waals surface area contributed by atoms with Crippen LogP contribution in [0.1, 0.15) is 34.6 Å². The first kappa shape index (κ1) is 11.4. The van der Waals surface area contributed by atoms with Gasteiger partial charge in [-0.2, -0.15) is 0 Å². The fourth-order valence-electron chi connectivity index (χ4n) is 1.18. The van der Waals surface area contributed by atoms with Gasteiger partial charge in [0.1, 0.15) is 0 Å². The molecule has 0 aromatic rings. The maximum atomic E-state index is 4.08. The average Bonchev–Trinajstić information content (AvgIpc) is 1.98. The SMILES string of the molecule is CN=C/C(=C(\C)C(C)C)C(C)C. The average molecular weight is 167 g/mol. The van der Waals surface area contributed by atoms with Gasteiger partial charge < -0.3 is 0 Å². The van der Waals surface area contributed by atoms with Gasteiger partial charge in [0.25, 0.3) is 0 Å². The van der Waals surface area contributed by atoms with Crippen LogP contribution >= 0.6 is 0 Å². The van der Waals surface area contributed by atoms with Crippen LogP contribution in [0.5, 0.6) is 0 Å². The highest BCUT2D eigenvalue weighted by Gasteiger charge is 2.07. The molecule has 0 N–H and O–H groups in total. The van der Waals surface area contributed by atoms with Crippen molar-refractivity contribution in [3.8, 4) is 0 Å². The zero-order chi connectivity index (χ0) is 9.72. The quantitative estimate of drug-likeness (QED) is 0.572. The number of allylic oxidation sites excluding steroid dienone is 2. The summed E-state index contributed by atoms with van der Waals surface area (Å²) in [4.78, 5) is 4.08. The van der Waals surface area contributed by atoms with E-state index in [1.54, 1.807) is 0 Å². The molecule has 0 atom stereocenters. The van der Waals surface area contributed by atoms with Crippen molar-refractivity contribution in [2.75, 3.05) is 7.05 Å². The molecule has 0 aliphatic rings. The normalized spacial score (nSPS) is 14.7. The molecule has 0 aliphatic carbocycles. The monoisotopic (exact) mass is 167 g/mol. The lowest BCUT2D eigenvalue weighted by atomic mass is 9.92. The first-order valence-electron chi connectivity index (χ1n) is 4.63. The van der Waals surface area contributed by atoms with E-state index < -0.39 is 0 Å². The number of aliphatic imine (C=N–C) groups is 1. The molecule has 0 heterocycles.